The molecule has 15 nitrogen and oxygen atoms in total. The number of hydrogen-bond donors (Lipinski definition) is 6. The molecule has 3 rings (SSSR count). The zero-order valence-corrected chi connectivity index (χ0v) is 38.4. The lowest BCUT2D eigenvalue weighted by atomic mass is 9.79. The van der Waals surface area contributed by atoms with Gasteiger partial charge in [0.05, 0.1) is 42.8 Å². The van der Waals surface area contributed by atoms with Crippen molar-refractivity contribution in [2.75, 3.05) is 67.5 Å². The van der Waals surface area contributed by atoms with Crippen LogP contribution in [0.15, 0.2) is 41.3 Å². The summed E-state index contributed by atoms with van der Waals surface area (Å²) in [6, 6.07) is 9.11. The molecule has 60 heavy (non-hydrogen) atoms. The number of benzene rings is 2. The van der Waals surface area contributed by atoms with Crippen LogP contribution in [0.1, 0.15) is 110 Å². The molecule has 1 heterocycles. The Morgan fingerprint density at radius 3 is 1.90 bits per heavy atom. The van der Waals surface area contributed by atoms with Crippen molar-refractivity contribution < 1.29 is 41.2 Å². The van der Waals surface area contributed by atoms with Gasteiger partial charge in [0, 0.05) is 60.4 Å². The summed E-state index contributed by atoms with van der Waals surface area (Å²) >= 11 is 1.00. The maximum Gasteiger partial charge on any atom is 0.327 e. The number of nitrogens with one attached hydrogen (secondary N) is 6. The summed E-state index contributed by atoms with van der Waals surface area (Å²) in [7, 11) is -4.05. The van der Waals surface area contributed by atoms with Crippen molar-refractivity contribution in [3.63, 3.8) is 0 Å². The Bertz CT molecular complexity index is 1730. The molecule has 0 radical (unpaired) electrons. The van der Waals surface area contributed by atoms with E-state index in [-0.39, 0.29) is 39.4 Å². The van der Waals surface area contributed by atoms with E-state index in [2.05, 4.69) is 66.1 Å². The first-order valence-electron chi connectivity index (χ1n) is 21.2. The fourth-order valence-electron chi connectivity index (χ4n) is 7.24. The van der Waals surface area contributed by atoms with E-state index in [1.807, 2.05) is 0 Å². The normalized spacial score (nSPS) is 15.0. The quantitative estimate of drug-likeness (QED) is 0.0228. The summed E-state index contributed by atoms with van der Waals surface area (Å²) in [5, 5.41) is 9.20. The molecule has 1 aliphatic rings. The van der Waals surface area contributed by atoms with Crippen molar-refractivity contribution in [1.29, 1.82) is 0 Å². The van der Waals surface area contributed by atoms with Gasteiger partial charge in [0.15, 0.2) is 0 Å². The third-order valence-electron chi connectivity index (χ3n) is 9.79. The van der Waals surface area contributed by atoms with Crippen LogP contribution in [-0.4, -0.2) is 95.3 Å². The number of sulfonamides is 1. The summed E-state index contributed by atoms with van der Waals surface area (Å²) in [4.78, 5) is 37.9. The smallest absolute Gasteiger partial charge is 0.327 e. The van der Waals surface area contributed by atoms with Crippen LogP contribution in [0.5, 0.6) is 0 Å². The second-order valence-corrected chi connectivity index (χ2v) is 19.0. The van der Waals surface area contributed by atoms with E-state index in [0.29, 0.717) is 75.0 Å². The van der Waals surface area contributed by atoms with Gasteiger partial charge >= 0.3 is 11.8 Å². The molecular formula is C43H70N6O9S2. The number of piperidine rings is 1. The number of ether oxygens (including phenoxy) is 3. The van der Waals surface area contributed by atoms with E-state index in [0.717, 1.165) is 37.9 Å². The molecule has 0 unspecified atom stereocenters. The fraction of sp³-hybridized carbons (Fsp3) is 0.651. The molecule has 17 heteroatoms. The Morgan fingerprint density at radius 1 is 0.733 bits per heavy atom. The van der Waals surface area contributed by atoms with E-state index < -0.39 is 21.8 Å². The van der Waals surface area contributed by atoms with Gasteiger partial charge in [-0.05, 0) is 115 Å². The molecule has 2 aromatic rings. The van der Waals surface area contributed by atoms with Crippen LogP contribution in [0.3, 0.4) is 0 Å². The minimum absolute atomic E-state index is 0.00447. The van der Waals surface area contributed by atoms with Crippen LogP contribution in [0.25, 0.3) is 0 Å². The predicted octanol–water partition coefficient (Wildman–Crippen LogP) is 6.77. The number of hydrazine groups is 1. The van der Waals surface area contributed by atoms with Gasteiger partial charge in [-0.25, -0.2) is 8.42 Å². The largest absolute Gasteiger partial charge is 0.379 e. The van der Waals surface area contributed by atoms with Gasteiger partial charge in [0.25, 0.3) is 10.0 Å². The van der Waals surface area contributed by atoms with Crippen molar-refractivity contribution in [2.24, 2.45) is 0 Å². The first-order valence-corrected chi connectivity index (χ1v) is 23.6. The lowest BCUT2D eigenvalue weighted by Gasteiger charge is -2.46. The summed E-state index contributed by atoms with van der Waals surface area (Å²) in [6.45, 7) is 17.9. The molecule has 0 atom stereocenters. The highest BCUT2D eigenvalue weighted by Crippen LogP contribution is 2.30. The van der Waals surface area contributed by atoms with Crippen LogP contribution in [0, 0.1) is 13.8 Å². The minimum atomic E-state index is -4.05. The Hall–Kier alpha value is -3.45. The van der Waals surface area contributed by atoms with Crippen molar-refractivity contribution in [3.05, 3.63) is 47.5 Å². The highest BCUT2D eigenvalue weighted by atomic mass is 32.2. The van der Waals surface area contributed by atoms with E-state index >= 15 is 0 Å². The molecule has 1 fully saturated rings. The van der Waals surface area contributed by atoms with Gasteiger partial charge < -0.3 is 34.3 Å². The summed E-state index contributed by atoms with van der Waals surface area (Å²) in [6.07, 6.45) is 10.7. The third-order valence-corrected chi connectivity index (χ3v) is 12.0. The average molecular weight is 879 g/mol. The SMILES string of the molecule is CCCCCCCCOCCOCCCCOCCOSCC(=O)Nc1c(C)ccc(S(=O)(=O)Nc2ccc(NNC(=O)C(=O)NC3CC(C)(C)NC(C)(C)C3)cc2)c1C. The van der Waals surface area contributed by atoms with Crippen LogP contribution in [-0.2, 0) is 42.8 Å². The van der Waals surface area contributed by atoms with Crippen LogP contribution in [0.4, 0.5) is 17.1 Å². The Labute approximate surface area is 362 Å². The highest BCUT2D eigenvalue weighted by Gasteiger charge is 2.38. The monoisotopic (exact) mass is 878 g/mol. The zero-order valence-electron chi connectivity index (χ0n) is 36.8. The molecule has 1 saturated heterocycles. The van der Waals surface area contributed by atoms with Crippen molar-refractivity contribution in [1.82, 2.24) is 16.1 Å². The molecule has 338 valence electrons. The van der Waals surface area contributed by atoms with Gasteiger partial charge in [-0.2, -0.15) is 0 Å². The summed E-state index contributed by atoms with van der Waals surface area (Å²) < 4.78 is 51.9. The molecule has 1 aliphatic heterocycles. The standard InChI is InChI=1S/C43H70N6O9S2/c1-8-9-10-11-12-13-22-55-25-26-56-23-14-15-24-57-27-28-58-59-31-38(50)45-39-32(2)16-21-37(33(39)3)60(53,54)48-35-19-17-34(18-20-35)46-47-41(52)40(51)44-36-29-42(4,5)49-43(6,7)30-36/h16-21,36,46,48-49H,8-15,22-31H2,1-7H3,(H,44,51)(H,45,50)(H,47,52). The van der Waals surface area contributed by atoms with Crippen LogP contribution in [0.2, 0.25) is 0 Å². The number of unbranched alkanes of at least 4 members (excludes halogenated alkanes) is 6. The topological polar surface area (TPSA) is 194 Å². The summed E-state index contributed by atoms with van der Waals surface area (Å²) in [5.41, 5.74) is 6.89. The zero-order chi connectivity index (χ0) is 44.0. The highest BCUT2D eigenvalue weighted by molar-refractivity contribution is 7.95. The Balaban J connectivity index is 1.31. The Morgan fingerprint density at radius 2 is 1.28 bits per heavy atom. The van der Waals surface area contributed by atoms with Crippen molar-refractivity contribution in [3.8, 4) is 0 Å². The van der Waals surface area contributed by atoms with E-state index in [9.17, 15) is 22.8 Å². The van der Waals surface area contributed by atoms with Gasteiger partial charge in [0.2, 0.25) is 5.91 Å². The number of rotatable bonds is 28. The molecule has 3 amide bonds. The Kier molecular flexibility index (Phi) is 22.2. The minimum Gasteiger partial charge on any atom is -0.379 e. The molecule has 0 aromatic heterocycles. The molecule has 2 aromatic carbocycles. The molecule has 6 N–H and O–H groups in total. The molecule has 0 saturated carbocycles. The maximum absolute atomic E-state index is 13.5. The van der Waals surface area contributed by atoms with Crippen LogP contribution >= 0.6 is 12.0 Å². The van der Waals surface area contributed by atoms with Gasteiger partial charge in [-0.15, -0.1) is 0 Å². The fourth-order valence-corrected chi connectivity index (χ4v) is 9.00. The van der Waals surface area contributed by atoms with E-state index in [1.165, 1.54) is 50.3 Å². The second-order valence-electron chi connectivity index (χ2n) is 16.6. The predicted molar refractivity (Wildman–Crippen MR) is 239 cm³/mol. The molecule has 0 aliphatic carbocycles. The molecular weight excluding hydrogens is 809 g/mol. The summed E-state index contributed by atoms with van der Waals surface area (Å²) in [5.74, 6) is -1.92. The lowest BCUT2D eigenvalue weighted by molar-refractivity contribution is -0.139. The number of carbonyl (C=O) groups excluding carboxylic acids is 3. The number of aryl methyl sites for hydroxylation is 1. The van der Waals surface area contributed by atoms with Gasteiger partial charge in [-0.3, -0.25) is 30.0 Å². The number of hydrogen-bond acceptors (Lipinski definition) is 12. The van der Waals surface area contributed by atoms with Crippen molar-refractivity contribution in [2.45, 2.75) is 135 Å². The van der Waals surface area contributed by atoms with Crippen molar-refractivity contribution >= 4 is 56.8 Å². The average Bonchev–Trinajstić information content (AvgIpc) is 3.16. The third kappa shape index (κ3) is 19.5. The van der Waals surface area contributed by atoms with Gasteiger partial charge in [0.1, 0.15) is 0 Å². The first-order chi connectivity index (χ1) is 28.5. The number of amides is 3. The number of anilines is 3. The van der Waals surface area contributed by atoms with Gasteiger partial charge in [-0.1, -0.05) is 45.1 Å². The van der Waals surface area contributed by atoms with Crippen LogP contribution < -0.4 is 31.5 Å². The maximum atomic E-state index is 13.5. The second kappa shape index (κ2) is 26.1. The van der Waals surface area contributed by atoms with E-state index in [4.69, 9.17) is 18.4 Å². The lowest BCUT2D eigenvalue weighted by Crippen LogP contribution is -2.63. The van der Waals surface area contributed by atoms with E-state index in [1.54, 1.807) is 32.0 Å². The molecule has 0 spiro atoms. The molecule has 0 bridgehead atoms. The first kappa shape index (κ1) is 50.9. The number of carbonyl (C=O) groups is 3.